The van der Waals surface area contributed by atoms with Crippen molar-refractivity contribution in [1.82, 2.24) is 20.4 Å². The number of nitrogens with one attached hydrogen (secondary N) is 2. The van der Waals surface area contributed by atoms with Crippen LogP contribution < -0.4 is 11.2 Å². The molecule has 0 spiro atoms. The Kier molecular flexibility index (Phi) is 7.31. The monoisotopic (exact) mass is 585 g/mol. The van der Waals surface area contributed by atoms with Gasteiger partial charge in [0.2, 0.25) is 0 Å². The van der Waals surface area contributed by atoms with Gasteiger partial charge in [-0.15, -0.1) is 11.3 Å². The summed E-state index contributed by atoms with van der Waals surface area (Å²) in [5, 5.41) is 4.68. The molecule has 1 saturated heterocycles. The van der Waals surface area contributed by atoms with Gasteiger partial charge in [0, 0.05) is 29.3 Å². The zero-order chi connectivity index (χ0) is 23.7. The highest BCUT2D eigenvalue weighted by atomic mass is 127. The van der Waals surface area contributed by atoms with Crippen molar-refractivity contribution in [1.29, 1.82) is 0 Å². The summed E-state index contributed by atoms with van der Waals surface area (Å²) in [5.41, 5.74) is 11.6. The van der Waals surface area contributed by atoms with E-state index in [2.05, 4.69) is 38.0 Å². The Morgan fingerprint density at radius 2 is 2.24 bits per heavy atom. The number of hydrazine groups is 1. The summed E-state index contributed by atoms with van der Waals surface area (Å²) in [5.74, 6) is -1.07. The zero-order valence-corrected chi connectivity index (χ0v) is 21.3. The van der Waals surface area contributed by atoms with Gasteiger partial charge in [0.1, 0.15) is 6.04 Å². The van der Waals surface area contributed by atoms with Gasteiger partial charge in [-0.05, 0) is 53.5 Å². The largest absolute Gasteiger partial charge is 0.468 e. The summed E-state index contributed by atoms with van der Waals surface area (Å²) in [4.78, 5) is 32.3. The molecule has 4 N–H and O–H groups in total. The van der Waals surface area contributed by atoms with Gasteiger partial charge in [0.05, 0.1) is 33.1 Å². The molecule has 2 atom stereocenters. The van der Waals surface area contributed by atoms with Crippen LogP contribution in [0.25, 0.3) is 22.2 Å². The highest BCUT2D eigenvalue weighted by molar-refractivity contribution is 14.1. The minimum absolute atomic E-state index is 0.217. The second-order valence-electron chi connectivity index (χ2n) is 7.89. The molecule has 1 aliphatic heterocycles. The lowest BCUT2D eigenvalue weighted by Gasteiger charge is -2.33. The van der Waals surface area contributed by atoms with Gasteiger partial charge < -0.3 is 15.5 Å². The number of carbonyl (C=O) groups is 2. The number of methoxy groups -OCH3 is 1. The smallest absolute Gasteiger partial charge is 0.324 e. The average molecular weight is 585 g/mol. The highest BCUT2D eigenvalue weighted by Crippen LogP contribution is 2.33. The number of nitrogens with zero attached hydrogens (tertiary/aromatic N) is 2. The molecule has 0 saturated carbocycles. The Labute approximate surface area is 208 Å². The molecule has 0 unspecified atom stereocenters. The van der Waals surface area contributed by atoms with Gasteiger partial charge in [-0.2, -0.15) is 0 Å². The highest BCUT2D eigenvalue weighted by Gasteiger charge is 2.31. The number of amides is 1. The number of esters is 1. The van der Waals surface area contributed by atoms with Gasteiger partial charge in [-0.3, -0.25) is 14.6 Å². The van der Waals surface area contributed by atoms with E-state index >= 15 is 4.39 Å². The van der Waals surface area contributed by atoms with Crippen molar-refractivity contribution >= 4 is 56.7 Å². The molecule has 3 aromatic rings. The summed E-state index contributed by atoms with van der Waals surface area (Å²) >= 11 is 3.53. The minimum atomic E-state index is -0.836. The molecule has 1 aliphatic rings. The molecule has 2 aromatic heterocycles. The summed E-state index contributed by atoms with van der Waals surface area (Å²) in [7, 11) is 1.32. The first-order valence-electron chi connectivity index (χ1n) is 10.7. The van der Waals surface area contributed by atoms with Crippen molar-refractivity contribution < 1.29 is 18.7 Å². The van der Waals surface area contributed by atoms with Gasteiger partial charge in [0.15, 0.2) is 5.82 Å². The number of carbonyl (C=O) groups excluding carboxylic acids is 2. The number of thiazole rings is 1. The molecule has 1 aromatic carbocycles. The van der Waals surface area contributed by atoms with Crippen LogP contribution in [0.3, 0.4) is 0 Å². The number of hydrogen-bond acceptors (Lipinski definition) is 7. The number of benzene rings is 1. The van der Waals surface area contributed by atoms with Gasteiger partial charge >= 0.3 is 5.97 Å². The van der Waals surface area contributed by atoms with Crippen molar-refractivity contribution in [2.75, 3.05) is 13.7 Å². The Morgan fingerprint density at radius 3 is 2.97 bits per heavy atom. The molecule has 176 valence electrons. The van der Waals surface area contributed by atoms with E-state index in [-0.39, 0.29) is 18.1 Å². The number of H-pyrrole nitrogens is 1. The van der Waals surface area contributed by atoms with E-state index in [1.807, 2.05) is 13.0 Å². The normalized spacial score (nSPS) is 17.4. The van der Waals surface area contributed by atoms with Gasteiger partial charge in [-0.25, -0.2) is 14.8 Å². The third-order valence-corrected chi connectivity index (χ3v) is 7.59. The van der Waals surface area contributed by atoms with E-state index in [1.54, 1.807) is 11.4 Å². The predicted octanol–water partition coefficient (Wildman–Crippen LogP) is 3.14. The summed E-state index contributed by atoms with van der Waals surface area (Å²) < 4.78 is 20.9. The topological polar surface area (TPSA) is 113 Å². The number of ether oxygens (including phenoxy) is 1. The molecule has 0 aliphatic carbocycles. The molecule has 1 fully saturated rings. The van der Waals surface area contributed by atoms with Crippen LogP contribution in [0.2, 0.25) is 0 Å². The maximum Gasteiger partial charge on any atom is 0.324 e. The van der Waals surface area contributed by atoms with Gasteiger partial charge in [-0.1, -0.05) is 13.0 Å². The maximum absolute atomic E-state index is 15.3. The Hall–Kier alpha value is -2.09. The van der Waals surface area contributed by atoms with Crippen LogP contribution >= 0.6 is 33.9 Å². The molecule has 4 rings (SSSR count). The van der Waals surface area contributed by atoms with Crippen molar-refractivity contribution in [3.63, 3.8) is 0 Å². The van der Waals surface area contributed by atoms with Crippen LogP contribution in [-0.4, -0.2) is 52.6 Å². The lowest BCUT2D eigenvalue weighted by Crippen LogP contribution is -2.59. The van der Waals surface area contributed by atoms with E-state index in [9.17, 15) is 9.59 Å². The number of aromatic amines is 1. The van der Waals surface area contributed by atoms with Crippen LogP contribution in [-0.2, 0) is 27.2 Å². The first-order chi connectivity index (χ1) is 15.8. The van der Waals surface area contributed by atoms with E-state index < -0.39 is 18.1 Å². The Bertz CT molecular complexity index is 1200. The second kappa shape index (κ2) is 10.0. The number of nitrogens with two attached hydrogens (primary N) is 1. The fraction of sp³-hybridized carbons (Fsp3) is 0.409. The van der Waals surface area contributed by atoms with E-state index in [0.29, 0.717) is 41.2 Å². The summed E-state index contributed by atoms with van der Waals surface area (Å²) in [6.45, 7) is 2.51. The lowest BCUT2D eigenvalue weighted by atomic mass is 10.1. The van der Waals surface area contributed by atoms with Crippen molar-refractivity contribution in [2.24, 2.45) is 5.73 Å². The molecule has 1 amide bonds. The number of fused-ring (bicyclic) bond motifs is 1. The Morgan fingerprint density at radius 1 is 1.45 bits per heavy atom. The van der Waals surface area contributed by atoms with Crippen molar-refractivity contribution in [3.8, 4) is 11.3 Å². The fourth-order valence-corrected chi connectivity index (χ4v) is 5.85. The van der Waals surface area contributed by atoms with Crippen LogP contribution in [0.4, 0.5) is 4.39 Å². The maximum atomic E-state index is 15.3. The number of aromatic nitrogens is 2. The Balaban J connectivity index is 1.48. The van der Waals surface area contributed by atoms with E-state index in [4.69, 9.17) is 10.5 Å². The quantitative estimate of drug-likeness (QED) is 0.303. The van der Waals surface area contributed by atoms with E-state index in [0.717, 1.165) is 21.1 Å². The molecule has 8 nitrogen and oxygen atoms in total. The molecule has 0 radical (unpaired) electrons. The molecule has 3 heterocycles. The number of rotatable bonds is 6. The molecule has 0 bridgehead atoms. The standard InChI is InChI=1S/C22H25FIN5O3S/c1-3-11-12-6-7-13(18(23)19(12)27-20(11)24)16-10-33-17(26-16)9-14(25)21(30)29-8-4-5-15(28-29)22(31)32-2/h6-7,10,14-15,27-28H,3-5,8-9,25H2,1-2H3/t14-,15-/m0/s1. The third kappa shape index (κ3) is 4.77. The predicted molar refractivity (Wildman–Crippen MR) is 133 cm³/mol. The first kappa shape index (κ1) is 24.0. The number of aryl methyl sites for hydroxylation is 1. The first-order valence-corrected chi connectivity index (χ1v) is 12.6. The van der Waals surface area contributed by atoms with Crippen LogP contribution in [0, 0.1) is 9.52 Å². The molecule has 11 heteroatoms. The number of halogens is 2. The zero-order valence-electron chi connectivity index (χ0n) is 18.3. The minimum Gasteiger partial charge on any atom is -0.468 e. The fourth-order valence-electron chi connectivity index (χ4n) is 4.06. The lowest BCUT2D eigenvalue weighted by molar-refractivity contribution is -0.149. The molecular weight excluding hydrogens is 560 g/mol. The van der Waals surface area contributed by atoms with Crippen LogP contribution in [0.5, 0.6) is 0 Å². The second-order valence-corrected chi connectivity index (χ2v) is 9.92. The molecular formula is C22H25FIN5O3S. The molecule has 33 heavy (non-hydrogen) atoms. The van der Waals surface area contributed by atoms with Crippen molar-refractivity contribution in [2.45, 2.75) is 44.7 Å². The number of hydrogen-bond donors (Lipinski definition) is 3. The van der Waals surface area contributed by atoms with Crippen molar-refractivity contribution in [3.05, 3.63) is 37.6 Å². The van der Waals surface area contributed by atoms with Gasteiger partial charge in [0.25, 0.3) is 5.91 Å². The summed E-state index contributed by atoms with van der Waals surface area (Å²) in [6, 6.07) is 2.26. The third-order valence-electron chi connectivity index (χ3n) is 5.80. The SMILES string of the molecule is CCc1c(I)[nH]c2c(F)c(-c3csc(C[C@H](N)C(=O)N4CCC[C@@H](C(=O)OC)N4)n3)ccc12. The average Bonchev–Trinajstić information content (AvgIpc) is 3.42. The van der Waals surface area contributed by atoms with Crippen LogP contribution in [0.1, 0.15) is 30.3 Å². The summed E-state index contributed by atoms with van der Waals surface area (Å²) in [6.07, 6.45) is 2.30. The van der Waals surface area contributed by atoms with Crippen LogP contribution in [0.15, 0.2) is 17.5 Å². The van der Waals surface area contributed by atoms with E-state index in [1.165, 1.54) is 23.5 Å².